The number of nitrogens with zero attached hydrogens (tertiary/aromatic N) is 3. The SMILES string of the molecule is CC(C)C1(C)CC1.CC(C)C1CCCCC1.CC(C)N1CCCCC1.CC(C)N1CCOCC1.CC(C)N1CCS(=O)(=O)CC1. The quantitative estimate of drug-likeness (QED) is 0.296. The molecule has 0 unspecified atom stereocenters. The number of ether oxygens (including phenoxy) is 1. The Labute approximate surface area is 282 Å². The largest absolute Gasteiger partial charge is 0.379 e. The van der Waals surface area contributed by atoms with Gasteiger partial charge in [-0.25, -0.2) is 8.42 Å². The van der Waals surface area contributed by atoms with Crippen molar-refractivity contribution in [1.29, 1.82) is 0 Å². The molecule has 0 radical (unpaired) electrons. The second kappa shape index (κ2) is 22.4. The van der Waals surface area contributed by atoms with Crippen molar-refractivity contribution in [2.24, 2.45) is 23.2 Å². The van der Waals surface area contributed by atoms with Gasteiger partial charge in [-0.2, -0.15) is 0 Å². The number of likely N-dealkylation sites (tertiary alicyclic amines) is 1. The Kier molecular flexibility index (Phi) is 21.3. The zero-order valence-corrected chi connectivity index (χ0v) is 32.9. The molecule has 5 rings (SSSR count). The maximum atomic E-state index is 11.0. The van der Waals surface area contributed by atoms with Crippen LogP contribution in [0.4, 0.5) is 0 Å². The molecule has 0 aromatic rings. The minimum Gasteiger partial charge on any atom is -0.379 e. The molecular weight excluding hydrogens is 579 g/mol. The van der Waals surface area contributed by atoms with Crippen molar-refractivity contribution in [3.63, 3.8) is 0 Å². The van der Waals surface area contributed by atoms with Gasteiger partial charge in [0, 0.05) is 44.3 Å². The summed E-state index contributed by atoms with van der Waals surface area (Å²) < 4.78 is 27.2. The summed E-state index contributed by atoms with van der Waals surface area (Å²) in [5.41, 5.74) is 0.750. The third kappa shape index (κ3) is 19.4. The van der Waals surface area contributed by atoms with E-state index in [-0.39, 0.29) is 0 Å². The lowest BCUT2D eigenvalue weighted by atomic mass is 9.82. The van der Waals surface area contributed by atoms with Gasteiger partial charge in [0.15, 0.2) is 9.84 Å². The van der Waals surface area contributed by atoms with E-state index in [9.17, 15) is 8.42 Å². The van der Waals surface area contributed by atoms with E-state index in [4.69, 9.17) is 4.74 Å². The van der Waals surface area contributed by atoms with E-state index in [1.54, 1.807) is 0 Å². The van der Waals surface area contributed by atoms with Crippen LogP contribution in [0.15, 0.2) is 0 Å². The number of piperidine rings is 1. The molecule has 3 saturated heterocycles. The van der Waals surface area contributed by atoms with Crippen LogP contribution >= 0.6 is 0 Å². The topological polar surface area (TPSA) is 53.1 Å². The molecule has 0 N–H and O–H groups in total. The molecule has 3 aliphatic heterocycles. The fourth-order valence-electron chi connectivity index (χ4n) is 6.35. The molecule has 3 heterocycles. The van der Waals surface area contributed by atoms with Gasteiger partial charge in [0.25, 0.3) is 0 Å². The summed E-state index contributed by atoms with van der Waals surface area (Å²) in [4.78, 5) is 7.19. The Morgan fingerprint density at radius 2 is 0.978 bits per heavy atom. The Morgan fingerprint density at radius 1 is 0.578 bits per heavy atom. The fraction of sp³-hybridized carbons (Fsp3) is 1.00. The molecule has 0 aromatic heterocycles. The summed E-state index contributed by atoms with van der Waals surface area (Å²) >= 11 is 0. The van der Waals surface area contributed by atoms with E-state index < -0.39 is 9.84 Å². The molecule has 270 valence electrons. The number of rotatable bonds is 5. The number of sulfone groups is 1. The summed E-state index contributed by atoms with van der Waals surface area (Å²) in [6.45, 7) is 33.0. The summed E-state index contributed by atoms with van der Waals surface area (Å²) in [5.74, 6) is 3.58. The van der Waals surface area contributed by atoms with Crippen LogP contribution in [0.2, 0.25) is 0 Å². The Bertz CT molecular complexity index is 755. The molecule has 2 saturated carbocycles. The van der Waals surface area contributed by atoms with Crippen molar-refractivity contribution in [3.05, 3.63) is 0 Å². The van der Waals surface area contributed by atoms with Gasteiger partial charge in [-0.1, -0.05) is 73.1 Å². The summed E-state index contributed by atoms with van der Waals surface area (Å²) in [5, 5.41) is 0. The lowest BCUT2D eigenvalue weighted by Gasteiger charge is -2.29. The highest BCUT2D eigenvalue weighted by atomic mass is 32.2. The first kappa shape index (κ1) is 42.8. The van der Waals surface area contributed by atoms with Crippen molar-refractivity contribution >= 4 is 9.84 Å². The minimum absolute atomic E-state index is 0.338. The van der Waals surface area contributed by atoms with Crippen LogP contribution in [-0.2, 0) is 14.6 Å². The van der Waals surface area contributed by atoms with Crippen molar-refractivity contribution in [1.82, 2.24) is 14.7 Å². The Balaban J connectivity index is 0.000000283. The molecule has 0 atom stereocenters. The maximum absolute atomic E-state index is 11.0. The summed E-state index contributed by atoms with van der Waals surface area (Å²) in [6, 6.07) is 1.93. The number of hydrogen-bond acceptors (Lipinski definition) is 6. The van der Waals surface area contributed by atoms with Crippen molar-refractivity contribution in [2.75, 3.05) is 64.0 Å². The van der Waals surface area contributed by atoms with Gasteiger partial charge in [0.2, 0.25) is 0 Å². The first-order valence-corrected chi connectivity index (χ1v) is 20.9. The highest BCUT2D eigenvalue weighted by Gasteiger charge is 2.39. The molecule has 45 heavy (non-hydrogen) atoms. The van der Waals surface area contributed by atoms with E-state index in [0.717, 1.165) is 55.5 Å². The van der Waals surface area contributed by atoms with E-state index in [0.29, 0.717) is 36.7 Å². The van der Waals surface area contributed by atoms with Gasteiger partial charge in [-0.15, -0.1) is 0 Å². The van der Waals surface area contributed by atoms with E-state index in [1.807, 2.05) is 0 Å². The van der Waals surface area contributed by atoms with Gasteiger partial charge >= 0.3 is 0 Å². The summed E-state index contributed by atoms with van der Waals surface area (Å²) in [7, 11) is -2.69. The lowest BCUT2D eigenvalue weighted by Crippen LogP contribution is -2.43. The highest BCUT2D eigenvalue weighted by Crippen LogP contribution is 2.50. The van der Waals surface area contributed by atoms with Crippen molar-refractivity contribution in [3.8, 4) is 0 Å². The first-order valence-electron chi connectivity index (χ1n) is 19.1. The average Bonchev–Trinajstić information content (AvgIpc) is 3.78. The van der Waals surface area contributed by atoms with Gasteiger partial charge < -0.3 is 9.64 Å². The smallest absolute Gasteiger partial charge is 0.152 e. The molecular formula is C38H79N3O3S. The van der Waals surface area contributed by atoms with Crippen LogP contribution in [0.25, 0.3) is 0 Å². The third-order valence-electron chi connectivity index (χ3n) is 11.0. The van der Waals surface area contributed by atoms with E-state index in [2.05, 4.69) is 90.9 Å². The maximum Gasteiger partial charge on any atom is 0.152 e. The third-order valence-corrected chi connectivity index (χ3v) is 12.6. The van der Waals surface area contributed by atoms with Crippen LogP contribution in [0.3, 0.4) is 0 Å². The van der Waals surface area contributed by atoms with Gasteiger partial charge in [0.05, 0.1) is 24.7 Å². The van der Waals surface area contributed by atoms with Crippen LogP contribution < -0.4 is 0 Å². The zero-order chi connectivity index (χ0) is 34.0. The predicted octanol–water partition coefficient (Wildman–Crippen LogP) is 8.40. The molecule has 5 aliphatic rings. The van der Waals surface area contributed by atoms with E-state index in [1.165, 1.54) is 77.3 Å². The predicted molar refractivity (Wildman–Crippen MR) is 197 cm³/mol. The minimum atomic E-state index is -2.69. The lowest BCUT2D eigenvalue weighted by molar-refractivity contribution is 0.0238. The Hall–Kier alpha value is -0.210. The van der Waals surface area contributed by atoms with Crippen LogP contribution in [0, 0.1) is 23.2 Å². The molecule has 2 aliphatic carbocycles. The van der Waals surface area contributed by atoms with Crippen molar-refractivity contribution < 1.29 is 13.2 Å². The second-order valence-corrected chi connectivity index (χ2v) is 18.5. The zero-order valence-electron chi connectivity index (χ0n) is 32.1. The molecule has 5 fully saturated rings. The van der Waals surface area contributed by atoms with Gasteiger partial charge in [-0.3, -0.25) is 9.80 Å². The van der Waals surface area contributed by atoms with Gasteiger partial charge in [0.1, 0.15) is 0 Å². The molecule has 0 bridgehead atoms. The molecule has 0 amide bonds. The Morgan fingerprint density at radius 3 is 1.27 bits per heavy atom. The summed E-state index contributed by atoms with van der Waals surface area (Å²) in [6.07, 6.45) is 14.7. The highest BCUT2D eigenvalue weighted by molar-refractivity contribution is 7.91. The molecule has 6 nitrogen and oxygen atoms in total. The average molecular weight is 658 g/mol. The van der Waals surface area contributed by atoms with Crippen LogP contribution in [0.1, 0.15) is 140 Å². The fourth-order valence-corrected chi connectivity index (χ4v) is 7.58. The molecule has 0 aromatic carbocycles. The number of hydrogen-bond donors (Lipinski definition) is 0. The first-order chi connectivity index (χ1) is 21.1. The van der Waals surface area contributed by atoms with Crippen LogP contribution in [0.5, 0.6) is 0 Å². The second-order valence-electron chi connectivity index (χ2n) is 16.2. The van der Waals surface area contributed by atoms with E-state index >= 15 is 0 Å². The van der Waals surface area contributed by atoms with Gasteiger partial charge in [-0.05, 0) is 103 Å². The van der Waals surface area contributed by atoms with Crippen LogP contribution in [-0.4, -0.2) is 105 Å². The normalized spacial score (nSPS) is 24.1. The molecule has 7 heteroatoms. The molecule has 0 spiro atoms. The van der Waals surface area contributed by atoms with Crippen molar-refractivity contribution in [2.45, 2.75) is 158 Å². The number of morpholine rings is 1. The monoisotopic (exact) mass is 658 g/mol. The standard InChI is InChI=1S/C9H18.C8H17N.C7H15NO2S.C7H15NO.C7H14/c2*1-8(2)9-6-4-3-5-7-9;1-7(2)8-3-5-11(9,10)6-4-8;1-7(2)8-3-5-9-6-4-8;1-6(2)7(3)4-5-7/h8-9H,3-7H2,1-2H3;8H,3-7H2,1-2H3;7H,3-6H2,1-2H3;7H,3-6H2,1-2H3;6H,4-5H2,1-3H3.